The number of hydrogen-bond donors (Lipinski definition) is 0. The first kappa shape index (κ1) is 33.2. The first-order valence-corrected chi connectivity index (χ1v) is 21.7. The van der Waals surface area contributed by atoms with Crippen molar-refractivity contribution in [3.63, 3.8) is 0 Å². The van der Waals surface area contributed by atoms with Crippen molar-refractivity contribution in [2.45, 2.75) is 0 Å². The summed E-state index contributed by atoms with van der Waals surface area (Å²) in [5, 5.41) is 10.5. The second kappa shape index (κ2) is 13.5. The van der Waals surface area contributed by atoms with E-state index in [-0.39, 0.29) is 0 Å². The van der Waals surface area contributed by atoms with Crippen molar-refractivity contribution in [2.75, 3.05) is 0 Å². The third-order valence-electron chi connectivity index (χ3n) is 11.9. The van der Waals surface area contributed by atoms with E-state index in [0.29, 0.717) is 0 Å². The average Bonchev–Trinajstić information content (AvgIpc) is 3.81. The highest BCUT2D eigenvalue weighted by Crippen LogP contribution is 2.36. The molecule has 0 N–H and O–H groups in total. The molecule has 2 heterocycles. The molecule has 0 aliphatic rings. The first-order chi connectivity index (χ1) is 28.3. The minimum atomic E-state index is -2.95. The molecule has 0 aliphatic heterocycles. The van der Waals surface area contributed by atoms with Crippen LogP contribution in [0.5, 0.6) is 0 Å². The maximum Gasteiger partial charge on any atom is 0.181 e. The molecule has 0 saturated carbocycles. The monoisotopic (exact) mass is 742 g/mol. The summed E-state index contributed by atoms with van der Waals surface area (Å²) in [5.74, 6) is 0. The molecule has 2 nitrogen and oxygen atoms in total. The number of aromatic nitrogens is 2. The largest absolute Gasteiger partial charge is 0.309 e. The summed E-state index contributed by atoms with van der Waals surface area (Å²) in [7, 11) is -2.95. The zero-order valence-corrected chi connectivity index (χ0v) is 32.3. The van der Waals surface area contributed by atoms with Gasteiger partial charge in [0.15, 0.2) is 8.07 Å². The van der Waals surface area contributed by atoms with Crippen molar-refractivity contribution < 1.29 is 0 Å². The van der Waals surface area contributed by atoms with E-state index in [1.807, 2.05) is 0 Å². The summed E-state index contributed by atoms with van der Waals surface area (Å²) in [6, 6.07) is 85.3. The highest BCUT2D eigenvalue weighted by atomic mass is 28.3. The predicted octanol–water partition coefficient (Wildman–Crippen LogP) is 10.9. The van der Waals surface area contributed by atoms with Crippen LogP contribution in [0.25, 0.3) is 66.1 Å². The van der Waals surface area contributed by atoms with Crippen molar-refractivity contribution in [1.29, 1.82) is 0 Å². The Labute approximate surface area is 333 Å². The van der Waals surface area contributed by atoms with Crippen LogP contribution in [0.1, 0.15) is 0 Å². The van der Waals surface area contributed by atoms with Gasteiger partial charge in [-0.25, -0.2) is 0 Å². The van der Waals surface area contributed by atoms with Gasteiger partial charge in [0.1, 0.15) is 0 Å². The van der Waals surface area contributed by atoms with E-state index in [9.17, 15) is 0 Å². The molecule has 0 saturated heterocycles. The average molecular weight is 743 g/mol. The Morgan fingerprint density at radius 3 is 1.33 bits per heavy atom. The molecule has 0 spiro atoms. The van der Waals surface area contributed by atoms with Crippen molar-refractivity contribution in [1.82, 2.24) is 9.13 Å². The topological polar surface area (TPSA) is 9.86 Å². The van der Waals surface area contributed by atoms with E-state index in [2.05, 4.69) is 240 Å². The Hall–Kier alpha value is -7.20. The molecule has 57 heavy (non-hydrogen) atoms. The molecule has 0 aliphatic carbocycles. The van der Waals surface area contributed by atoms with Crippen molar-refractivity contribution >= 4 is 72.4 Å². The Balaban J connectivity index is 1.17. The van der Waals surface area contributed by atoms with Crippen LogP contribution in [0.15, 0.2) is 231 Å². The van der Waals surface area contributed by atoms with Crippen molar-refractivity contribution in [3.05, 3.63) is 231 Å². The van der Waals surface area contributed by atoms with Crippen LogP contribution in [0, 0.1) is 0 Å². The summed E-state index contributed by atoms with van der Waals surface area (Å²) < 4.78 is 4.88. The fourth-order valence-electron chi connectivity index (χ4n) is 9.43. The van der Waals surface area contributed by atoms with Gasteiger partial charge in [-0.2, -0.15) is 0 Å². The van der Waals surface area contributed by atoms with E-state index in [4.69, 9.17) is 0 Å². The number of hydrogen-bond acceptors (Lipinski definition) is 0. The van der Waals surface area contributed by atoms with Crippen molar-refractivity contribution in [2.24, 2.45) is 0 Å². The number of para-hydroxylation sites is 5. The number of rotatable bonds is 7. The van der Waals surface area contributed by atoms with Gasteiger partial charge in [-0.15, -0.1) is 0 Å². The molecule has 0 fully saturated rings. The SMILES string of the molecule is c1ccc(-n2c3ccccc3c3cc(-c4ccc([Si](c5ccccc5)(c5ccccc5)c5cccc6c7ccccc7n(-c7ccccc7)c56)cc4)ccc32)cc1. The molecule has 268 valence electrons. The van der Waals surface area contributed by atoms with Crippen LogP contribution < -0.4 is 20.7 Å². The molecule has 3 heteroatoms. The Morgan fingerprint density at radius 1 is 0.281 bits per heavy atom. The van der Waals surface area contributed by atoms with E-state index in [1.165, 1.54) is 86.9 Å². The lowest BCUT2D eigenvalue weighted by atomic mass is 10.0. The zero-order valence-electron chi connectivity index (χ0n) is 31.3. The lowest BCUT2D eigenvalue weighted by Crippen LogP contribution is -2.75. The zero-order chi connectivity index (χ0) is 37.8. The van der Waals surface area contributed by atoms with E-state index in [0.717, 1.165) is 0 Å². The molecule has 11 rings (SSSR count). The lowest BCUT2D eigenvalue weighted by Gasteiger charge is -2.35. The lowest BCUT2D eigenvalue weighted by molar-refractivity contribution is 1.18. The molecular weight excluding hydrogens is 705 g/mol. The fourth-order valence-corrected chi connectivity index (χ4v) is 14.4. The van der Waals surface area contributed by atoms with Crippen LogP contribution in [-0.4, -0.2) is 17.2 Å². The maximum absolute atomic E-state index is 2.95. The van der Waals surface area contributed by atoms with E-state index >= 15 is 0 Å². The predicted molar refractivity (Wildman–Crippen MR) is 244 cm³/mol. The molecule has 0 atom stereocenters. The molecule has 9 aromatic carbocycles. The molecular formula is C54H38N2Si. The standard InChI is InChI=1S/C54H38N2Si/c1-5-18-41(19-6-1)55-50-29-15-14-27-47(50)49-38-40(34-37-52(49)55)39-32-35-45(36-33-39)57(43-22-9-3-10-23-43,44-24-11-4-12-25-44)53-31-17-28-48-46-26-13-16-30-51(46)56(54(48)53)42-20-7-2-8-21-42/h1-38H. The third kappa shape index (κ3) is 5.17. The Bertz CT molecular complexity index is 3160. The first-order valence-electron chi connectivity index (χ1n) is 19.7. The van der Waals surface area contributed by atoms with Crippen molar-refractivity contribution in [3.8, 4) is 22.5 Å². The van der Waals surface area contributed by atoms with Gasteiger partial charge >= 0.3 is 0 Å². The Morgan fingerprint density at radius 2 is 0.719 bits per heavy atom. The van der Waals surface area contributed by atoms with Gasteiger partial charge in [-0.05, 0) is 80.4 Å². The minimum Gasteiger partial charge on any atom is -0.309 e. The normalized spacial score (nSPS) is 11.9. The summed E-state index contributed by atoms with van der Waals surface area (Å²) >= 11 is 0. The number of benzene rings is 9. The third-order valence-corrected chi connectivity index (χ3v) is 16.7. The van der Waals surface area contributed by atoms with E-state index < -0.39 is 8.07 Å². The van der Waals surface area contributed by atoms with Crippen LogP contribution >= 0.6 is 0 Å². The van der Waals surface area contributed by atoms with Crippen LogP contribution in [0.2, 0.25) is 0 Å². The molecule has 0 amide bonds. The number of fused-ring (bicyclic) bond motifs is 6. The quantitative estimate of drug-likeness (QED) is 0.114. The molecule has 11 aromatic rings. The molecule has 2 aromatic heterocycles. The molecule has 0 radical (unpaired) electrons. The van der Waals surface area contributed by atoms with Gasteiger partial charge in [0.05, 0.1) is 22.1 Å². The smallest absolute Gasteiger partial charge is 0.181 e. The second-order valence-electron chi connectivity index (χ2n) is 14.9. The fraction of sp³-hybridized carbons (Fsp3) is 0. The summed E-state index contributed by atoms with van der Waals surface area (Å²) in [6.45, 7) is 0. The van der Waals surface area contributed by atoms with Crippen LogP contribution in [0.4, 0.5) is 0 Å². The Kier molecular flexibility index (Phi) is 7.87. The summed E-state index contributed by atoms with van der Waals surface area (Å²) in [5.41, 5.74) is 9.67. The molecule has 0 unspecified atom stereocenters. The van der Waals surface area contributed by atoms with Gasteiger partial charge in [0, 0.05) is 32.9 Å². The number of nitrogens with zero attached hydrogens (tertiary/aromatic N) is 2. The van der Waals surface area contributed by atoms with Gasteiger partial charge in [-0.1, -0.05) is 182 Å². The molecule has 0 bridgehead atoms. The van der Waals surface area contributed by atoms with Gasteiger partial charge in [0.2, 0.25) is 0 Å². The van der Waals surface area contributed by atoms with Gasteiger partial charge in [0.25, 0.3) is 0 Å². The van der Waals surface area contributed by atoms with Gasteiger partial charge in [-0.3, -0.25) is 0 Å². The highest BCUT2D eigenvalue weighted by molar-refractivity contribution is 7.20. The second-order valence-corrected chi connectivity index (χ2v) is 18.6. The summed E-state index contributed by atoms with van der Waals surface area (Å²) in [4.78, 5) is 0. The van der Waals surface area contributed by atoms with Crippen LogP contribution in [0.3, 0.4) is 0 Å². The summed E-state index contributed by atoms with van der Waals surface area (Å²) in [6.07, 6.45) is 0. The van der Waals surface area contributed by atoms with E-state index in [1.54, 1.807) is 0 Å². The van der Waals surface area contributed by atoms with Gasteiger partial charge < -0.3 is 9.13 Å². The highest BCUT2D eigenvalue weighted by Gasteiger charge is 2.43. The maximum atomic E-state index is 2.50. The minimum absolute atomic E-state index is 1.17. The van der Waals surface area contributed by atoms with Crippen LogP contribution in [-0.2, 0) is 0 Å².